The molecule has 3 unspecified atom stereocenters. The normalized spacial score (nSPS) is 32.0. The number of fused-ring (bicyclic) bond motifs is 1. The average molecular weight is 310 g/mol. The van der Waals surface area contributed by atoms with Gasteiger partial charge in [0.25, 0.3) is 0 Å². The van der Waals surface area contributed by atoms with Crippen molar-refractivity contribution < 1.29 is 4.39 Å². The Morgan fingerprint density at radius 1 is 1.30 bits per heavy atom. The number of halogens is 1. The van der Waals surface area contributed by atoms with E-state index in [9.17, 15) is 4.39 Å². The second kappa shape index (κ2) is 5.71. The molecule has 118 valence electrons. The van der Waals surface area contributed by atoms with Gasteiger partial charge in [-0.25, -0.2) is 4.39 Å². The minimum Gasteiger partial charge on any atom is -0.382 e. The van der Waals surface area contributed by atoms with E-state index in [1.165, 1.54) is 17.3 Å². The third-order valence-electron chi connectivity index (χ3n) is 4.87. The molecule has 4 nitrogen and oxygen atoms in total. The fraction of sp³-hybridized carbons (Fsp3) is 0.389. The molecule has 0 saturated carbocycles. The van der Waals surface area contributed by atoms with Crippen molar-refractivity contribution in [2.45, 2.75) is 24.9 Å². The first-order chi connectivity index (χ1) is 11.2. The van der Waals surface area contributed by atoms with E-state index in [1.807, 2.05) is 12.3 Å². The zero-order chi connectivity index (χ0) is 15.8. The summed E-state index contributed by atoms with van der Waals surface area (Å²) in [5, 5.41) is 19.4. The molecule has 0 spiro atoms. The summed E-state index contributed by atoms with van der Waals surface area (Å²) in [6.45, 7) is 2.04. The molecule has 0 aromatic heterocycles. The van der Waals surface area contributed by atoms with Crippen LogP contribution in [-0.4, -0.2) is 25.2 Å². The van der Waals surface area contributed by atoms with Crippen LogP contribution in [0.5, 0.6) is 0 Å². The van der Waals surface area contributed by atoms with E-state index < -0.39 is 5.83 Å². The Bertz CT molecular complexity index is 714. The van der Waals surface area contributed by atoms with Crippen LogP contribution >= 0.6 is 0 Å². The van der Waals surface area contributed by atoms with Gasteiger partial charge in [-0.05, 0) is 42.7 Å². The topological polar surface area (TPSA) is 59.9 Å². The van der Waals surface area contributed by atoms with Crippen molar-refractivity contribution in [3.63, 3.8) is 0 Å². The molecule has 3 atom stereocenters. The highest BCUT2D eigenvalue weighted by atomic mass is 19.1. The van der Waals surface area contributed by atoms with Gasteiger partial charge in [0.2, 0.25) is 0 Å². The summed E-state index contributed by atoms with van der Waals surface area (Å²) >= 11 is 0. The maximum absolute atomic E-state index is 13.6. The Labute approximate surface area is 135 Å². The minimum atomic E-state index is -0.401. The molecule has 2 aliphatic carbocycles. The van der Waals surface area contributed by atoms with Gasteiger partial charge in [-0.3, -0.25) is 0 Å². The van der Waals surface area contributed by atoms with Crippen molar-refractivity contribution in [1.29, 1.82) is 5.26 Å². The molecule has 0 bridgehead atoms. The molecule has 4 aliphatic rings. The third-order valence-corrected chi connectivity index (χ3v) is 4.87. The third kappa shape index (κ3) is 2.60. The summed E-state index contributed by atoms with van der Waals surface area (Å²) < 4.78 is 13.6. The quantitative estimate of drug-likeness (QED) is 0.745. The Morgan fingerprint density at radius 3 is 2.91 bits per heavy atom. The summed E-state index contributed by atoms with van der Waals surface area (Å²) in [6, 6.07) is 2.65. The average Bonchev–Trinajstić information content (AvgIpc) is 3.02. The number of nitrogens with zero attached hydrogens (tertiary/aromatic N) is 1. The molecule has 2 heterocycles. The van der Waals surface area contributed by atoms with Crippen LogP contribution in [0.25, 0.3) is 0 Å². The summed E-state index contributed by atoms with van der Waals surface area (Å²) in [5.41, 5.74) is 3.71. The maximum Gasteiger partial charge on any atom is 0.136 e. The Balaban J connectivity index is 1.58. The monoisotopic (exact) mass is 310 g/mol. The highest BCUT2D eigenvalue weighted by molar-refractivity contribution is 5.53. The van der Waals surface area contributed by atoms with Gasteiger partial charge in [-0.15, -0.1) is 0 Å². The summed E-state index contributed by atoms with van der Waals surface area (Å²) in [6.07, 6.45) is 11.3. The largest absolute Gasteiger partial charge is 0.382 e. The fourth-order valence-corrected chi connectivity index (χ4v) is 3.52. The lowest BCUT2D eigenvalue weighted by atomic mass is 9.81. The SMILES string of the molecule is N#CC1=CC(C2=CC3=CNC3C(NC3CCNC3)=C2)CC=C1F. The van der Waals surface area contributed by atoms with Crippen LogP contribution in [0.1, 0.15) is 12.8 Å². The number of allylic oxidation sites excluding steroid dienone is 6. The van der Waals surface area contributed by atoms with Gasteiger partial charge in [0.15, 0.2) is 0 Å². The maximum atomic E-state index is 13.6. The second-order valence-electron chi connectivity index (χ2n) is 6.41. The molecular formula is C18H19FN4. The van der Waals surface area contributed by atoms with E-state index in [0.29, 0.717) is 12.5 Å². The number of hydrogen-bond acceptors (Lipinski definition) is 4. The van der Waals surface area contributed by atoms with Gasteiger partial charge in [0.05, 0.1) is 11.6 Å². The van der Waals surface area contributed by atoms with Crippen molar-refractivity contribution in [1.82, 2.24) is 16.0 Å². The molecule has 4 rings (SSSR count). The molecule has 0 radical (unpaired) electrons. The van der Waals surface area contributed by atoms with Crippen LogP contribution in [0, 0.1) is 17.2 Å². The molecule has 0 amide bonds. The van der Waals surface area contributed by atoms with Crippen molar-refractivity contribution in [3.8, 4) is 6.07 Å². The Kier molecular flexibility index (Phi) is 3.55. The molecule has 1 fully saturated rings. The van der Waals surface area contributed by atoms with Crippen molar-refractivity contribution in [2.24, 2.45) is 5.92 Å². The highest BCUT2D eigenvalue weighted by Gasteiger charge is 2.31. The summed E-state index contributed by atoms with van der Waals surface area (Å²) in [4.78, 5) is 0. The minimum absolute atomic E-state index is 0.0603. The smallest absolute Gasteiger partial charge is 0.136 e. The Morgan fingerprint density at radius 2 is 2.22 bits per heavy atom. The van der Waals surface area contributed by atoms with Crippen LogP contribution in [0.3, 0.4) is 0 Å². The van der Waals surface area contributed by atoms with Gasteiger partial charge in [0.1, 0.15) is 11.9 Å². The second-order valence-corrected chi connectivity index (χ2v) is 6.41. The number of rotatable bonds is 3. The predicted molar refractivity (Wildman–Crippen MR) is 86.6 cm³/mol. The van der Waals surface area contributed by atoms with Crippen LogP contribution in [0.2, 0.25) is 0 Å². The summed E-state index contributed by atoms with van der Waals surface area (Å²) in [5.74, 6) is -0.341. The molecule has 23 heavy (non-hydrogen) atoms. The van der Waals surface area contributed by atoms with Gasteiger partial charge in [0, 0.05) is 30.4 Å². The van der Waals surface area contributed by atoms with Crippen LogP contribution in [0.4, 0.5) is 4.39 Å². The first-order valence-electron chi connectivity index (χ1n) is 8.09. The molecule has 0 aromatic rings. The lowest BCUT2D eigenvalue weighted by molar-refractivity contribution is 0.542. The molecule has 5 heteroatoms. The molecular weight excluding hydrogens is 291 g/mol. The number of nitrogens with one attached hydrogen (secondary N) is 3. The standard InChI is InChI=1S/C18H19FN4/c19-16-2-1-11(5-13(16)8-20)12-6-14-9-22-18(14)17(7-12)23-15-3-4-21-10-15/h2,5-7,9,11,15,18,21-23H,1,3-4,10H2. The summed E-state index contributed by atoms with van der Waals surface area (Å²) in [7, 11) is 0. The first-order valence-corrected chi connectivity index (χ1v) is 8.09. The first kappa shape index (κ1) is 14.3. The van der Waals surface area contributed by atoms with E-state index in [1.54, 1.807) is 6.08 Å². The van der Waals surface area contributed by atoms with Crippen molar-refractivity contribution in [3.05, 3.63) is 58.7 Å². The molecule has 0 aromatic carbocycles. The lowest BCUT2D eigenvalue weighted by Gasteiger charge is -2.36. The van der Waals surface area contributed by atoms with Crippen molar-refractivity contribution in [2.75, 3.05) is 13.1 Å². The van der Waals surface area contributed by atoms with E-state index in [4.69, 9.17) is 5.26 Å². The molecule has 2 aliphatic heterocycles. The van der Waals surface area contributed by atoms with E-state index >= 15 is 0 Å². The van der Waals surface area contributed by atoms with Crippen LogP contribution in [-0.2, 0) is 0 Å². The lowest BCUT2D eigenvalue weighted by Crippen LogP contribution is -2.46. The van der Waals surface area contributed by atoms with E-state index in [2.05, 4.69) is 28.1 Å². The van der Waals surface area contributed by atoms with Crippen molar-refractivity contribution >= 4 is 0 Å². The Hall–Kier alpha value is -2.32. The van der Waals surface area contributed by atoms with Gasteiger partial charge < -0.3 is 16.0 Å². The zero-order valence-electron chi connectivity index (χ0n) is 12.8. The number of hydrogen-bond donors (Lipinski definition) is 3. The van der Waals surface area contributed by atoms with E-state index in [-0.39, 0.29) is 17.5 Å². The number of nitriles is 1. The van der Waals surface area contributed by atoms with E-state index in [0.717, 1.165) is 25.1 Å². The highest BCUT2D eigenvalue weighted by Crippen LogP contribution is 2.35. The predicted octanol–water partition coefficient (Wildman–Crippen LogP) is 1.94. The van der Waals surface area contributed by atoms with Crippen LogP contribution in [0.15, 0.2) is 58.7 Å². The fourth-order valence-electron chi connectivity index (χ4n) is 3.52. The van der Waals surface area contributed by atoms with Crippen LogP contribution < -0.4 is 16.0 Å². The van der Waals surface area contributed by atoms with Gasteiger partial charge in [-0.2, -0.15) is 5.26 Å². The molecule has 1 saturated heterocycles. The molecule has 3 N–H and O–H groups in total. The zero-order valence-corrected chi connectivity index (χ0v) is 12.8. The van der Waals surface area contributed by atoms with Gasteiger partial charge >= 0.3 is 0 Å². The van der Waals surface area contributed by atoms with Gasteiger partial charge in [-0.1, -0.05) is 12.2 Å².